The molecule has 1 N–H and O–H groups in total. The minimum Gasteiger partial charge on any atom is -0.351 e. The monoisotopic (exact) mass is 266 g/mol. The van der Waals surface area contributed by atoms with Crippen molar-refractivity contribution in [3.05, 3.63) is 34.9 Å². The highest BCUT2D eigenvalue weighted by Gasteiger charge is 2.27. The van der Waals surface area contributed by atoms with E-state index in [9.17, 15) is 9.59 Å². The average molecular weight is 267 g/mol. The van der Waals surface area contributed by atoms with Gasteiger partial charge in [-0.15, -0.1) is 0 Å². The number of carbonyl (C=O) groups is 2. The van der Waals surface area contributed by atoms with Gasteiger partial charge < -0.3 is 10.2 Å². The van der Waals surface area contributed by atoms with E-state index in [0.29, 0.717) is 18.0 Å². The Morgan fingerprint density at radius 1 is 1.50 bits per heavy atom. The van der Waals surface area contributed by atoms with Crippen molar-refractivity contribution in [2.45, 2.75) is 18.9 Å². The summed E-state index contributed by atoms with van der Waals surface area (Å²) in [6.07, 6.45) is 0.624. The molecule has 1 aliphatic heterocycles. The lowest BCUT2D eigenvalue weighted by Gasteiger charge is -2.12. The zero-order valence-electron chi connectivity index (χ0n) is 10.1. The molecular formula is C13H15ClN2O2. The summed E-state index contributed by atoms with van der Waals surface area (Å²) in [5.41, 5.74) is 0.800. The standard InChI is InChI=1S/C13H15ClN2O2/c1-16-8-10(7-13(16)18)15-12(17)6-9-4-2-3-5-11(9)14/h2-5,10H,6-8H2,1H3,(H,15,17). The van der Waals surface area contributed by atoms with Crippen LogP contribution in [0.2, 0.25) is 5.02 Å². The van der Waals surface area contributed by atoms with Crippen LogP contribution in [-0.4, -0.2) is 36.3 Å². The van der Waals surface area contributed by atoms with Crippen LogP contribution in [0.4, 0.5) is 0 Å². The molecule has 2 rings (SSSR count). The molecule has 1 heterocycles. The Morgan fingerprint density at radius 2 is 2.22 bits per heavy atom. The summed E-state index contributed by atoms with van der Waals surface area (Å²) in [5.74, 6) is -0.0331. The lowest BCUT2D eigenvalue weighted by molar-refractivity contribution is -0.126. The van der Waals surface area contributed by atoms with E-state index >= 15 is 0 Å². The number of nitrogens with zero attached hydrogens (tertiary/aromatic N) is 1. The van der Waals surface area contributed by atoms with E-state index in [0.717, 1.165) is 5.56 Å². The van der Waals surface area contributed by atoms with Crippen LogP contribution in [0.3, 0.4) is 0 Å². The second kappa shape index (κ2) is 5.40. The Balaban J connectivity index is 1.90. The SMILES string of the molecule is CN1CC(NC(=O)Cc2ccccc2Cl)CC1=O. The third kappa shape index (κ3) is 3.01. The van der Waals surface area contributed by atoms with Crippen LogP contribution in [0.1, 0.15) is 12.0 Å². The normalized spacial score (nSPS) is 19.1. The third-order valence-electron chi connectivity index (χ3n) is 3.01. The molecule has 0 aliphatic carbocycles. The fraction of sp³-hybridized carbons (Fsp3) is 0.385. The number of amides is 2. The quantitative estimate of drug-likeness (QED) is 0.895. The highest BCUT2D eigenvalue weighted by Crippen LogP contribution is 2.15. The van der Waals surface area contributed by atoms with Gasteiger partial charge in [-0.25, -0.2) is 0 Å². The van der Waals surface area contributed by atoms with E-state index in [2.05, 4.69) is 5.32 Å². The number of carbonyl (C=O) groups excluding carboxylic acids is 2. The van der Waals surface area contributed by atoms with Gasteiger partial charge in [-0.2, -0.15) is 0 Å². The maximum Gasteiger partial charge on any atom is 0.224 e. The summed E-state index contributed by atoms with van der Waals surface area (Å²) in [4.78, 5) is 24.8. The number of likely N-dealkylation sites (tertiary alicyclic amines) is 1. The van der Waals surface area contributed by atoms with Gasteiger partial charge in [-0.3, -0.25) is 9.59 Å². The maximum atomic E-state index is 11.8. The van der Waals surface area contributed by atoms with Gasteiger partial charge >= 0.3 is 0 Å². The summed E-state index contributed by atoms with van der Waals surface area (Å²) in [5, 5.41) is 3.45. The Morgan fingerprint density at radius 3 is 2.83 bits per heavy atom. The molecule has 4 nitrogen and oxygen atoms in total. The van der Waals surface area contributed by atoms with Crippen LogP contribution in [0.15, 0.2) is 24.3 Å². The molecule has 0 spiro atoms. The molecule has 0 aromatic heterocycles. The first kappa shape index (κ1) is 12.9. The van der Waals surface area contributed by atoms with Crippen molar-refractivity contribution < 1.29 is 9.59 Å². The predicted molar refractivity (Wildman–Crippen MR) is 69.3 cm³/mol. The number of benzene rings is 1. The van der Waals surface area contributed by atoms with E-state index in [-0.39, 0.29) is 24.3 Å². The van der Waals surface area contributed by atoms with E-state index < -0.39 is 0 Å². The highest BCUT2D eigenvalue weighted by atomic mass is 35.5. The molecule has 1 aromatic rings. The summed E-state index contributed by atoms with van der Waals surface area (Å²) in [7, 11) is 1.74. The maximum absolute atomic E-state index is 11.8. The van der Waals surface area contributed by atoms with Gasteiger partial charge in [0.25, 0.3) is 0 Å². The topological polar surface area (TPSA) is 49.4 Å². The number of nitrogens with one attached hydrogen (secondary N) is 1. The minimum absolute atomic E-state index is 0.0676. The number of hydrogen-bond donors (Lipinski definition) is 1. The highest BCUT2D eigenvalue weighted by molar-refractivity contribution is 6.31. The zero-order chi connectivity index (χ0) is 13.1. The van der Waals surface area contributed by atoms with Crippen LogP contribution in [0, 0.1) is 0 Å². The molecule has 0 bridgehead atoms. The molecule has 1 aromatic carbocycles. The van der Waals surface area contributed by atoms with Crippen LogP contribution in [0.5, 0.6) is 0 Å². The molecular weight excluding hydrogens is 252 g/mol. The molecule has 1 fully saturated rings. The second-order valence-corrected chi connectivity index (χ2v) is 4.92. The fourth-order valence-corrected chi connectivity index (χ4v) is 2.26. The molecule has 2 amide bonds. The Hall–Kier alpha value is -1.55. The number of halogens is 1. The molecule has 1 unspecified atom stereocenters. The van der Waals surface area contributed by atoms with E-state index in [1.165, 1.54) is 0 Å². The molecule has 5 heteroatoms. The van der Waals surface area contributed by atoms with Crippen LogP contribution < -0.4 is 5.32 Å². The van der Waals surface area contributed by atoms with Crippen molar-refractivity contribution in [2.75, 3.05) is 13.6 Å². The molecule has 1 atom stereocenters. The average Bonchev–Trinajstić information content (AvgIpc) is 2.61. The van der Waals surface area contributed by atoms with Crippen molar-refractivity contribution in [1.29, 1.82) is 0 Å². The van der Waals surface area contributed by atoms with Gasteiger partial charge in [-0.1, -0.05) is 29.8 Å². The van der Waals surface area contributed by atoms with Crippen molar-refractivity contribution in [3.63, 3.8) is 0 Å². The Kier molecular flexibility index (Phi) is 3.87. The smallest absolute Gasteiger partial charge is 0.224 e. The van der Waals surface area contributed by atoms with E-state index in [4.69, 9.17) is 11.6 Å². The number of hydrogen-bond acceptors (Lipinski definition) is 2. The van der Waals surface area contributed by atoms with Crippen molar-refractivity contribution >= 4 is 23.4 Å². The van der Waals surface area contributed by atoms with Crippen LogP contribution >= 0.6 is 11.6 Å². The Labute approximate surface area is 111 Å². The van der Waals surface area contributed by atoms with Crippen LogP contribution in [0.25, 0.3) is 0 Å². The number of likely N-dealkylation sites (N-methyl/N-ethyl adjacent to an activating group) is 1. The summed E-state index contributed by atoms with van der Waals surface area (Å²) in [6.45, 7) is 0.576. The van der Waals surface area contributed by atoms with Crippen LogP contribution in [-0.2, 0) is 16.0 Å². The largest absolute Gasteiger partial charge is 0.351 e. The molecule has 96 valence electrons. The summed E-state index contributed by atoms with van der Waals surface area (Å²) < 4.78 is 0. The predicted octanol–water partition coefficient (Wildman–Crippen LogP) is 1.23. The minimum atomic E-state index is -0.101. The fourth-order valence-electron chi connectivity index (χ4n) is 2.05. The molecule has 18 heavy (non-hydrogen) atoms. The summed E-state index contributed by atoms with van der Waals surface area (Å²) in [6, 6.07) is 7.18. The van der Waals surface area contributed by atoms with Crippen molar-refractivity contribution in [1.82, 2.24) is 10.2 Å². The van der Waals surface area contributed by atoms with Gasteiger partial charge in [0.15, 0.2) is 0 Å². The molecule has 0 saturated carbocycles. The molecule has 1 saturated heterocycles. The first-order valence-electron chi connectivity index (χ1n) is 5.83. The first-order chi connectivity index (χ1) is 8.56. The molecule has 1 aliphatic rings. The Bertz CT molecular complexity index is 476. The lowest BCUT2D eigenvalue weighted by atomic mass is 10.1. The summed E-state index contributed by atoms with van der Waals surface area (Å²) >= 11 is 5.99. The lowest BCUT2D eigenvalue weighted by Crippen LogP contribution is -2.37. The van der Waals surface area contributed by atoms with Gasteiger partial charge in [-0.05, 0) is 11.6 Å². The third-order valence-corrected chi connectivity index (χ3v) is 3.38. The molecule has 0 radical (unpaired) electrons. The van der Waals surface area contributed by atoms with E-state index in [1.54, 1.807) is 18.0 Å². The van der Waals surface area contributed by atoms with Gasteiger partial charge in [0.1, 0.15) is 0 Å². The van der Waals surface area contributed by atoms with Gasteiger partial charge in [0, 0.05) is 25.0 Å². The van der Waals surface area contributed by atoms with Crippen molar-refractivity contribution in [2.24, 2.45) is 0 Å². The van der Waals surface area contributed by atoms with Crippen molar-refractivity contribution in [3.8, 4) is 0 Å². The zero-order valence-corrected chi connectivity index (χ0v) is 10.9. The number of rotatable bonds is 3. The van der Waals surface area contributed by atoms with Gasteiger partial charge in [0.2, 0.25) is 11.8 Å². The van der Waals surface area contributed by atoms with E-state index in [1.807, 2.05) is 18.2 Å². The second-order valence-electron chi connectivity index (χ2n) is 4.51. The first-order valence-corrected chi connectivity index (χ1v) is 6.21. The van der Waals surface area contributed by atoms with Gasteiger partial charge in [0.05, 0.1) is 12.5 Å².